The van der Waals surface area contributed by atoms with Gasteiger partial charge in [0.1, 0.15) is 5.82 Å². The molecule has 2 unspecified atom stereocenters. The van der Waals surface area contributed by atoms with Crippen molar-refractivity contribution in [2.45, 2.75) is 32.0 Å². The molecule has 28 heavy (non-hydrogen) atoms. The smallest absolute Gasteiger partial charge is 0.416 e. The Morgan fingerprint density at radius 3 is 2.57 bits per heavy atom. The summed E-state index contributed by atoms with van der Waals surface area (Å²) in [5.74, 6) is -3.28. The van der Waals surface area contributed by atoms with Crippen LogP contribution >= 0.6 is 0 Å². The van der Waals surface area contributed by atoms with Gasteiger partial charge < -0.3 is 14.3 Å². The zero-order chi connectivity index (χ0) is 21.1. The molecular formula is C19H18F4N2O3. The normalized spacial score (nSPS) is 19.9. The van der Waals surface area contributed by atoms with Gasteiger partial charge in [0.2, 0.25) is 0 Å². The van der Waals surface area contributed by atoms with Crippen LogP contribution in [0.2, 0.25) is 0 Å². The van der Waals surface area contributed by atoms with E-state index in [1.165, 1.54) is 14.0 Å². The predicted octanol–water partition coefficient (Wildman–Crippen LogP) is 4.15. The van der Waals surface area contributed by atoms with Gasteiger partial charge in [0.25, 0.3) is 6.04 Å². The minimum absolute atomic E-state index is 0.0176. The fourth-order valence-electron chi connectivity index (χ4n) is 3.16. The van der Waals surface area contributed by atoms with E-state index in [-0.39, 0.29) is 35.8 Å². The van der Waals surface area contributed by atoms with E-state index < -0.39 is 35.5 Å². The lowest BCUT2D eigenvalue weighted by molar-refractivity contribution is -0.141. The van der Waals surface area contributed by atoms with Crippen molar-refractivity contribution in [2.24, 2.45) is 4.99 Å². The van der Waals surface area contributed by atoms with Gasteiger partial charge in [0.15, 0.2) is 0 Å². The average Bonchev–Trinajstić information content (AvgIpc) is 2.61. The van der Waals surface area contributed by atoms with Gasteiger partial charge in [-0.1, -0.05) is 6.07 Å². The van der Waals surface area contributed by atoms with Crippen LogP contribution in [0.4, 0.5) is 17.6 Å². The number of carbonyl (C=O) groups excluding carboxylic acids is 1. The molecule has 0 aromatic heterocycles. The van der Waals surface area contributed by atoms with Crippen molar-refractivity contribution in [1.82, 2.24) is 0 Å². The van der Waals surface area contributed by atoms with Crippen molar-refractivity contribution in [3.05, 3.63) is 57.8 Å². The lowest BCUT2D eigenvalue weighted by Gasteiger charge is -2.28. The van der Waals surface area contributed by atoms with Crippen LogP contribution < -0.4 is 0 Å². The zero-order valence-electron chi connectivity index (χ0n) is 15.4. The van der Waals surface area contributed by atoms with Crippen LogP contribution in [0.3, 0.4) is 0 Å². The summed E-state index contributed by atoms with van der Waals surface area (Å²) >= 11 is 0. The molecule has 1 aliphatic heterocycles. The number of methoxy groups -OCH3 is 1. The average molecular weight is 398 g/mol. The fourth-order valence-corrected chi connectivity index (χ4v) is 3.16. The Balaban J connectivity index is 2.82. The Kier molecular flexibility index (Phi) is 6.56. The summed E-state index contributed by atoms with van der Waals surface area (Å²) in [6, 6.07) is 0.997. The highest BCUT2D eigenvalue weighted by atomic mass is 19.4. The molecule has 0 N–H and O–H groups in total. The van der Waals surface area contributed by atoms with Gasteiger partial charge in [-0.15, -0.1) is 0 Å². The van der Waals surface area contributed by atoms with Crippen molar-refractivity contribution in [1.29, 1.82) is 0 Å². The third-order valence-corrected chi connectivity index (χ3v) is 4.25. The molecular weight excluding hydrogens is 380 g/mol. The number of benzene rings is 1. The quantitative estimate of drug-likeness (QED) is 0.425. The van der Waals surface area contributed by atoms with E-state index in [2.05, 4.69) is 9.84 Å². The number of aliphatic imine (C=N–C) groups is 1. The lowest BCUT2D eigenvalue weighted by atomic mass is 9.78. The second kappa shape index (κ2) is 8.52. The first-order valence-corrected chi connectivity index (χ1v) is 8.33. The molecule has 0 saturated heterocycles. The maximum absolute atomic E-state index is 13.6. The maximum atomic E-state index is 13.6. The van der Waals surface area contributed by atoms with Gasteiger partial charge in [-0.05, 0) is 31.5 Å². The number of alkyl halides is 3. The molecule has 0 amide bonds. The van der Waals surface area contributed by atoms with Crippen molar-refractivity contribution >= 4 is 11.7 Å². The fraction of sp³-hybridized carbons (Fsp3) is 0.421. The van der Waals surface area contributed by atoms with Crippen molar-refractivity contribution in [2.75, 3.05) is 20.3 Å². The number of esters is 1. The number of hydrogen-bond acceptors (Lipinski definition) is 4. The van der Waals surface area contributed by atoms with Gasteiger partial charge in [0, 0.05) is 7.11 Å². The Morgan fingerprint density at radius 2 is 2.04 bits per heavy atom. The van der Waals surface area contributed by atoms with E-state index in [9.17, 15) is 22.4 Å². The topological polar surface area (TPSA) is 52.2 Å². The third-order valence-electron chi connectivity index (χ3n) is 4.25. The van der Waals surface area contributed by atoms with Crippen LogP contribution in [-0.2, 0) is 20.4 Å². The molecule has 0 radical (unpaired) electrons. The van der Waals surface area contributed by atoms with Gasteiger partial charge in [-0.25, -0.2) is 15.8 Å². The standard InChI is InChI=1S/C19H18F4N2O3/c1-5-28-18(26)16-14(9-27-4)25-10(2)17(24-3)15(16)12-7-6-11(20)8-13(12)19(21,22)23/h6-8,15,17H,5,9H2,1-2,4H3. The lowest BCUT2D eigenvalue weighted by Crippen LogP contribution is -2.34. The van der Waals surface area contributed by atoms with E-state index >= 15 is 0 Å². The molecule has 0 spiro atoms. The number of nitrogens with zero attached hydrogens (tertiary/aromatic N) is 2. The van der Waals surface area contributed by atoms with E-state index in [1.54, 1.807) is 6.92 Å². The third kappa shape index (κ3) is 4.22. The van der Waals surface area contributed by atoms with Gasteiger partial charge in [-0.2, -0.15) is 13.2 Å². The van der Waals surface area contributed by atoms with E-state index in [0.29, 0.717) is 6.07 Å². The molecule has 2 atom stereocenters. The van der Waals surface area contributed by atoms with Gasteiger partial charge >= 0.3 is 12.1 Å². The van der Waals surface area contributed by atoms with Crippen LogP contribution in [0.5, 0.6) is 0 Å². The summed E-state index contributed by atoms with van der Waals surface area (Å²) in [4.78, 5) is 20.2. The summed E-state index contributed by atoms with van der Waals surface area (Å²) in [6.45, 7) is 10.3. The summed E-state index contributed by atoms with van der Waals surface area (Å²) < 4.78 is 64.4. The molecule has 0 saturated carbocycles. The number of hydrogen-bond donors (Lipinski definition) is 0. The molecule has 1 aromatic rings. The van der Waals surface area contributed by atoms with Gasteiger partial charge in [-0.3, -0.25) is 4.99 Å². The molecule has 0 fully saturated rings. The van der Waals surface area contributed by atoms with E-state index in [1.807, 2.05) is 0 Å². The van der Waals surface area contributed by atoms with Crippen LogP contribution in [0.15, 0.2) is 34.5 Å². The van der Waals surface area contributed by atoms with Crippen LogP contribution in [-0.4, -0.2) is 38.0 Å². The first kappa shape index (κ1) is 21.6. The number of ether oxygens (including phenoxy) is 2. The van der Waals surface area contributed by atoms with Crippen molar-refractivity contribution in [3.63, 3.8) is 0 Å². The first-order valence-electron chi connectivity index (χ1n) is 8.33. The van der Waals surface area contributed by atoms with Crippen LogP contribution in [0.1, 0.15) is 30.9 Å². The Hall–Kier alpha value is -2.73. The van der Waals surface area contributed by atoms with Crippen LogP contribution in [0, 0.1) is 12.4 Å². The monoisotopic (exact) mass is 398 g/mol. The largest absolute Gasteiger partial charge is 0.463 e. The predicted molar refractivity (Wildman–Crippen MR) is 93.2 cm³/mol. The Morgan fingerprint density at radius 1 is 1.36 bits per heavy atom. The zero-order valence-corrected chi connectivity index (χ0v) is 15.4. The highest BCUT2D eigenvalue weighted by molar-refractivity contribution is 6.00. The highest BCUT2D eigenvalue weighted by Gasteiger charge is 2.46. The molecule has 9 heteroatoms. The second-order valence-electron chi connectivity index (χ2n) is 6.05. The SMILES string of the molecule is [C-]#[N+]C1C(C)=NC(COC)=C(C(=O)OCC)C1c1ccc(F)cc1C(F)(F)F. The molecule has 1 heterocycles. The number of carbonyl (C=O) groups is 1. The summed E-state index contributed by atoms with van der Waals surface area (Å²) in [7, 11) is 1.34. The maximum Gasteiger partial charge on any atom is 0.416 e. The molecule has 0 bridgehead atoms. The Bertz CT molecular complexity index is 869. The molecule has 0 aliphatic carbocycles. The van der Waals surface area contributed by atoms with E-state index in [0.717, 1.165) is 12.1 Å². The first-order chi connectivity index (χ1) is 13.1. The van der Waals surface area contributed by atoms with Crippen molar-refractivity contribution < 1.29 is 31.8 Å². The molecule has 1 aromatic carbocycles. The van der Waals surface area contributed by atoms with Gasteiger partial charge in [0.05, 0.1) is 41.7 Å². The minimum atomic E-state index is -4.88. The van der Waals surface area contributed by atoms with Crippen LogP contribution in [0.25, 0.3) is 4.85 Å². The molecule has 1 aliphatic rings. The minimum Gasteiger partial charge on any atom is -0.463 e. The van der Waals surface area contributed by atoms with E-state index in [4.69, 9.17) is 16.0 Å². The summed E-state index contributed by atoms with van der Waals surface area (Å²) in [6.07, 6.45) is -4.88. The highest BCUT2D eigenvalue weighted by Crippen LogP contribution is 2.43. The molecule has 2 rings (SSSR count). The molecule has 5 nitrogen and oxygen atoms in total. The second-order valence-corrected chi connectivity index (χ2v) is 6.05. The van der Waals surface area contributed by atoms with Crippen molar-refractivity contribution in [3.8, 4) is 0 Å². The number of halogens is 4. The summed E-state index contributed by atoms with van der Waals surface area (Å²) in [5, 5.41) is 0. The summed E-state index contributed by atoms with van der Waals surface area (Å²) in [5.41, 5.74) is -1.51. The molecule has 150 valence electrons. The number of rotatable bonds is 5. The Labute approximate surface area is 159 Å².